The molecule has 1 aliphatic carbocycles. The highest BCUT2D eigenvalue weighted by molar-refractivity contribution is 5.89. The lowest BCUT2D eigenvalue weighted by atomic mass is 9.87. The van der Waals surface area contributed by atoms with Crippen LogP contribution < -0.4 is 10.6 Å². The van der Waals surface area contributed by atoms with E-state index in [4.69, 9.17) is 4.74 Å². The van der Waals surface area contributed by atoms with Gasteiger partial charge in [-0.15, -0.1) is 0 Å². The van der Waals surface area contributed by atoms with Crippen LogP contribution in [0, 0.1) is 11.3 Å². The molecule has 2 rings (SSSR count). The second-order valence-electron chi connectivity index (χ2n) is 7.68. The molecule has 2 amide bonds. The van der Waals surface area contributed by atoms with Crippen LogP contribution in [-0.4, -0.2) is 30.4 Å². The first-order valence-electron chi connectivity index (χ1n) is 8.74. The molecular formula is C19H30N2O3. The third kappa shape index (κ3) is 7.32. The molecule has 0 heterocycles. The van der Waals surface area contributed by atoms with Crippen LogP contribution in [0.1, 0.15) is 45.6 Å². The van der Waals surface area contributed by atoms with Crippen LogP contribution in [0.25, 0.3) is 0 Å². The highest BCUT2D eigenvalue weighted by atomic mass is 16.5. The molecule has 0 spiro atoms. The second-order valence-corrected chi connectivity index (χ2v) is 7.68. The second kappa shape index (κ2) is 8.49. The summed E-state index contributed by atoms with van der Waals surface area (Å²) in [5, 5.41) is 15.2. The molecule has 3 N–H and O–H groups in total. The highest BCUT2D eigenvalue weighted by Crippen LogP contribution is 2.29. The number of aliphatic hydroxyl groups is 1. The van der Waals surface area contributed by atoms with Gasteiger partial charge in [-0.3, -0.25) is 0 Å². The van der Waals surface area contributed by atoms with Crippen molar-refractivity contribution in [3.63, 3.8) is 0 Å². The first kappa shape index (κ1) is 18.7. The van der Waals surface area contributed by atoms with Crippen molar-refractivity contribution in [2.24, 2.45) is 11.3 Å². The molecule has 0 aromatic heterocycles. The first-order chi connectivity index (χ1) is 11.3. The molecule has 5 nitrogen and oxygen atoms in total. The van der Waals surface area contributed by atoms with Gasteiger partial charge in [-0.25, -0.2) is 4.79 Å². The third-order valence-corrected chi connectivity index (χ3v) is 4.08. The molecule has 5 heteroatoms. The molecule has 0 aliphatic heterocycles. The minimum atomic E-state index is -0.378. The Morgan fingerprint density at radius 2 is 2.17 bits per heavy atom. The average Bonchev–Trinajstić information content (AvgIpc) is 3.29. The zero-order valence-electron chi connectivity index (χ0n) is 15.0. The van der Waals surface area contributed by atoms with Crippen molar-refractivity contribution < 1.29 is 14.6 Å². The van der Waals surface area contributed by atoms with Gasteiger partial charge in [0.25, 0.3) is 0 Å². The smallest absolute Gasteiger partial charge is 0.319 e. The Morgan fingerprint density at radius 1 is 1.42 bits per heavy atom. The quantitative estimate of drug-likeness (QED) is 0.647. The molecule has 0 saturated heterocycles. The SMILES string of the molecule is CC(O)CC(C)(C)CNC(=O)Nc1cccc(COCC2CC2)c1. The predicted molar refractivity (Wildman–Crippen MR) is 95.9 cm³/mol. The maximum absolute atomic E-state index is 12.1. The molecular weight excluding hydrogens is 304 g/mol. The highest BCUT2D eigenvalue weighted by Gasteiger charge is 2.22. The lowest BCUT2D eigenvalue weighted by Crippen LogP contribution is -2.38. The number of carbonyl (C=O) groups is 1. The van der Waals surface area contributed by atoms with E-state index in [1.807, 2.05) is 38.1 Å². The van der Waals surface area contributed by atoms with Crippen LogP contribution in [0.5, 0.6) is 0 Å². The minimum absolute atomic E-state index is 0.149. The molecule has 1 fully saturated rings. The Labute approximate surface area is 144 Å². The Kier molecular flexibility index (Phi) is 6.63. The summed E-state index contributed by atoms with van der Waals surface area (Å²) < 4.78 is 5.68. The van der Waals surface area contributed by atoms with Crippen molar-refractivity contribution in [2.45, 2.75) is 52.7 Å². The summed E-state index contributed by atoms with van der Waals surface area (Å²) in [5.41, 5.74) is 1.67. The molecule has 1 aliphatic rings. The van der Waals surface area contributed by atoms with Crippen molar-refractivity contribution >= 4 is 11.7 Å². The number of benzene rings is 1. The summed E-state index contributed by atoms with van der Waals surface area (Å²) in [4.78, 5) is 12.1. The topological polar surface area (TPSA) is 70.6 Å². The van der Waals surface area contributed by atoms with E-state index in [-0.39, 0.29) is 17.6 Å². The van der Waals surface area contributed by atoms with Gasteiger partial charge < -0.3 is 20.5 Å². The molecule has 134 valence electrons. The van der Waals surface area contributed by atoms with Gasteiger partial charge in [-0.2, -0.15) is 0 Å². The molecule has 0 radical (unpaired) electrons. The fourth-order valence-electron chi connectivity index (χ4n) is 2.73. The molecule has 1 saturated carbocycles. The Balaban J connectivity index is 1.76. The third-order valence-electron chi connectivity index (χ3n) is 4.08. The van der Waals surface area contributed by atoms with E-state index >= 15 is 0 Å². The van der Waals surface area contributed by atoms with Crippen LogP contribution in [0.3, 0.4) is 0 Å². The van der Waals surface area contributed by atoms with Crippen molar-refractivity contribution in [3.05, 3.63) is 29.8 Å². The number of anilines is 1. The number of nitrogens with one attached hydrogen (secondary N) is 2. The molecule has 1 aromatic rings. The van der Waals surface area contributed by atoms with Crippen molar-refractivity contribution in [1.29, 1.82) is 0 Å². The number of amides is 2. The van der Waals surface area contributed by atoms with Gasteiger partial charge in [-0.05, 0) is 55.2 Å². The number of rotatable bonds is 9. The van der Waals surface area contributed by atoms with Crippen LogP contribution in [0.4, 0.5) is 10.5 Å². The van der Waals surface area contributed by atoms with E-state index in [0.717, 1.165) is 23.8 Å². The molecule has 1 atom stereocenters. The summed E-state index contributed by atoms with van der Waals surface area (Å²) in [6.07, 6.45) is 2.83. The maximum Gasteiger partial charge on any atom is 0.319 e. The Hall–Kier alpha value is -1.59. The molecule has 1 aromatic carbocycles. The molecule has 1 unspecified atom stereocenters. The summed E-state index contributed by atoms with van der Waals surface area (Å²) in [6.45, 7) is 7.73. The van der Waals surface area contributed by atoms with Crippen LogP contribution in [0.15, 0.2) is 24.3 Å². The van der Waals surface area contributed by atoms with Crippen molar-refractivity contribution in [1.82, 2.24) is 5.32 Å². The van der Waals surface area contributed by atoms with Crippen LogP contribution in [0.2, 0.25) is 0 Å². The maximum atomic E-state index is 12.1. The normalized spacial score (nSPS) is 15.8. The summed E-state index contributed by atoms with van der Waals surface area (Å²) in [7, 11) is 0. The van der Waals surface area contributed by atoms with Crippen molar-refractivity contribution in [3.8, 4) is 0 Å². The standard InChI is InChI=1S/C19H30N2O3/c1-14(22)10-19(2,3)13-20-18(23)21-17-6-4-5-16(9-17)12-24-11-15-7-8-15/h4-6,9,14-15,22H,7-8,10-13H2,1-3H3,(H2,20,21,23). The lowest BCUT2D eigenvalue weighted by Gasteiger charge is -2.26. The zero-order valence-corrected chi connectivity index (χ0v) is 15.0. The van der Waals surface area contributed by atoms with Crippen molar-refractivity contribution in [2.75, 3.05) is 18.5 Å². The minimum Gasteiger partial charge on any atom is -0.393 e. The number of hydrogen-bond acceptors (Lipinski definition) is 3. The fraction of sp³-hybridized carbons (Fsp3) is 0.632. The number of ether oxygens (including phenoxy) is 1. The Morgan fingerprint density at radius 3 is 2.83 bits per heavy atom. The van der Waals surface area contributed by atoms with Gasteiger partial charge >= 0.3 is 6.03 Å². The average molecular weight is 334 g/mol. The van der Waals surface area contributed by atoms with Gasteiger partial charge in [0.15, 0.2) is 0 Å². The van der Waals surface area contributed by atoms with Crippen LogP contribution in [-0.2, 0) is 11.3 Å². The molecule has 24 heavy (non-hydrogen) atoms. The zero-order chi connectivity index (χ0) is 17.6. The number of aliphatic hydroxyl groups excluding tert-OH is 1. The Bertz CT molecular complexity index is 539. The van der Waals surface area contributed by atoms with E-state index in [9.17, 15) is 9.90 Å². The van der Waals surface area contributed by atoms with Gasteiger partial charge in [0.05, 0.1) is 12.7 Å². The van der Waals surface area contributed by atoms with Gasteiger partial charge in [0, 0.05) is 18.8 Å². The van der Waals surface area contributed by atoms with E-state index in [1.54, 1.807) is 6.92 Å². The summed E-state index contributed by atoms with van der Waals surface area (Å²) in [6, 6.07) is 7.49. The monoisotopic (exact) mass is 334 g/mol. The van der Waals surface area contributed by atoms with Gasteiger partial charge in [-0.1, -0.05) is 26.0 Å². The summed E-state index contributed by atoms with van der Waals surface area (Å²) >= 11 is 0. The predicted octanol–water partition coefficient (Wildman–Crippen LogP) is 3.53. The van der Waals surface area contributed by atoms with E-state index in [2.05, 4.69) is 10.6 Å². The molecule has 0 bridgehead atoms. The van der Waals surface area contributed by atoms with Gasteiger partial charge in [0.1, 0.15) is 0 Å². The van der Waals surface area contributed by atoms with Crippen LogP contribution >= 0.6 is 0 Å². The number of carbonyl (C=O) groups excluding carboxylic acids is 1. The number of urea groups is 1. The van der Waals surface area contributed by atoms with E-state index in [0.29, 0.717) is 19.6 Å². The number of hydrogen-bond donors (Lipinski definition) is 3. The first-order valence-corrected chi connectivity index (χ1v) is 8.74. The van der Waals surface area contributed by atoms with Gasteiger partial charge in [0.2, 0.25) is 0 Å². The fourth-order valence-corrected chi connectivity index (χ4v) is 2.73. The van der Waals surface area contributed by atoms with E-state index in [1.165, 1.54) is 12.8 Å². The summed E-state index contributed by atoms with van der Waals surface area (Å²) in [5.74, 6) is 0.752. The van der Waals surface area contributed by atoms with E-state index < -0.39 is 0 Å². The largest absolute Gasteiger partial charge is 0.393 e. The lowest BCUT2D eigenvalue weighted by molar-refractivity contribution is 0.111.